The first-order valence-corrected chi connectivity index (χ1v) is 4.21. The van der Waals surface area contributed by atoms with Gasteiger partial charge >= 0.3 is 0 Å². The lowest BCUT2D eigenvalue weighted by atomic mass is 10.0. The predicted octanol–water partition coefficient (Wildman–Crippen LogP) is 2.37. The zero-order chi connectivity index (χ0) is 9.68. The smallest absolute Gasteiger partial charge is 0.0991 e. The summed E-state index contributed by atoms with van der Waals surface area (Å²) in [5.41, 5.74) is 1.88. The van der Waals surface area contributed by atoms with E-state index in [0.29, 0.717) is 5.56 Å². The number of hydrogen-bond acceptors (Lipinski definition) is 1. The molecule has 1 heteroatoms. The number of rotatable bonds is 2. The molecule has 1 nitrogen and oxygen atoms in total. The van der Waals surface area contributed by atoms with E-state index in [2.05, 4.69) is 12.0 Å². The molecule has 0 aromatic heterocycles. The highest BCUT2D eigenvalue weighted by Gasteiger charge is 1.99. The van der Waals surface area contributed by atoms with Gasteiger partial charge in [-0.15, -0.1) is 12.3 Å². The van der Waals surface area contributed by atoms with Crippen LogP contribution in [0.5, 0.6) is 0 Å². The lowest BCUT2D eigenvalue weighted by Crippen LogP contribution is -1.95. The first-order valence-electron chi connectivity index (χ1n) is 4.21. The van der Waals surface area contributed by atoms with E-state index in [1.54, 1.807) is 0 Å². The van der Waals surface area contributed by atoms with Gasteiger partial charge in [-0.05, 0) is 24.1 Å². The lowest BCUT2D eigenvalue weighted by molar-refractivity contribution is 0.751. The minimum Gasteiger partial charge on any atom is -0.192 e. The van der Waals surface area contributed by atoms with Gasteiger partial charge in [0, 0.05) is 5.92 Å². The summed E-state index contributed by atoms with van der Waals surface area (Å²) in [4.78, 5) is 0. The van der Waals surface area contributed by atoms with Crippen LogP contribution in [0.4, 0.5) is 0 Å². The topological polar surface area (TPSA) is 23.8 Å². The van der Waals surface area contributed by atoms with Crippen molar-refractivity contribution >= 4 is 0 Å². The molecule has 0 saturated heterocycles. The van der Waals surface area contributed by atoms with Gasteiger partial charge < -0.3 is 0 Å². The van der Waals surface area contributed by atoms with Gasteiger partial charge in [0.15, 0.2) is 0 Å². The molecule has 0 bridgehead atoms. The molecule has 0 amide bonds. The number of benzene rings is 1. The fourth-order valence-corrected chi connectivity index (χ4v) is 1.13. The van der Waals surface area contributed by atoms with E-state index >= 15 is 0 Å². The molecule has 0 heterocycles. The predicted molar refractivity (Wildman–Crippen MR) is 52.9 cm³/mol. The zero-order valence-corrected chi connectivity index (χ0v) is 7.62. The van der Waals surface area contributed by atoms with E-state index in [-0.39, 0.29) is 5.92 Å². The molecule has 0 radical (unpaired) electrons. The molecule has 0 aliphatic heterocycles. The fourth-order valence-electron chi connectivity index (χ4n) is 1.13. The molecule has 0 N–H and O–H groups in total. The molecule has 13 heavy (non-hydrogen) atoms. The number of hydrogen-bond donors (Lipinski definition) is 0. The lowest BCUT2D eigenvalue weighted by Gasteiger charge is -2.03. The van der Waals surface area contributed by atoms with Crippen LogP contribution in [0, 0.1) is 29.6 Å². The normalized spacial score (nSPS) is 11.3. The van der Waals surface area contributed by atoms with Crippen LogP contribution in [0.2, 0.25) is 0 Å². The van der Waals surface area contributed by atoms with Crippen molar-refractivity contribution in [2.75, 3.05) is 0 Å². The van der Waals surface area contributed by atoms with Crippen LogP contribution >= 0.6 is 0 Å². The van der Waals surface area contributed by atoms with Crippen LogP contribution in [0.25, 0.3) is 0 Å². The standard InChI is InChI=1S/C12H11N/c1-3-10(2)8-11-4-6-12(9-13)7-5-11/h1,4-7,10H,8H2,2H3. The molecule has 1 aromatic rings. The Morgan fingerprint density at radius 3 is 2.46 bits per heavy atom. The van der Waals surface area contributed by atoms with Crippen LogP contribution < -0.4 is 0 Å². The van der Waals surface area contributed by atoms with Gasteiger partial charge in [-0.2, -0.15) is 5.26 Å². The maximum absolute atomic E-state index is 8.57. The summed E-state index contributed by atoms with van der Waals surface area (Å²) in [5, 5.41) is 8.57. The Bertz CT molecular complexity index is 348. The van der Waals surface area contributed by atoms with E-state index in [1.165, 1.54) is 5.56 Å². The second-order valence-corrected chi connectivity index (χ2v) is 3.08. The summed E-state index contributed by atoms with van der Waals surface area (Å²) in [6, 6.07) is 9.62. The Hall–Kier alpha value is -1.73. The molecule has 1 rings (SSSR count). The fraction of sp³-hybridized carbons (Fsp3) is 0.250. The van der Waals surface area contributed by atoms with Crippen molar-refractivity contribution in [1.82, 2.24) is 0 Å². The van der Waals surface area contributed by atoms with Crippen molar-refractivity contribution in [1.29, 1.82) is 5.26 Å². The van der Waals surface area contributed by atoms with Crippen LogP contribution in [0.3, 0.4) is 0 Å². The number of nitrogens with zero attached hydrogens (tertiary/aromatic N) is 1. The Balaban J connectivity index is 2.72. The Morgan fingerprint density at radius 2 is 2.00 bits per heavy atom. The van der Waals surface area contributed by atoms with Crippen molar-refractivity contribution in [2.45, 2.75) is 13.3 Å². The van der Waals surface area contributed by atoms with Gasteiger partial charge in [-0.25, -0.2) is 0 Å². The minimum absolute atomic E-state index is 0.257. The molecule has 1 aromatic carbocycles. The van der Waals surface area contributed by atoms with Crippen molar-refractivity contribution in [2.24, 2.45) is 5.92 Å². The summed E-state index contributed by atoms with van der Waals surface area (Å²) < 4.78 is 0. The SMILES string of the molecule is C#CC(C)Cc1ccc(C#N)cc1. The van der Waals surface area contributed by atoms with Crippen molar-refractivity contribution in [3.8, 4) is 18.4 Å². The third kappa shape index (κ3) is 2.65. The summed E-state index contributed by atoms with van der Waals surface area (Å²) in [6.45, 7) is 2.01. The Morgan fingerprint density at radius 1 is 1.38 bits per heavy atom. The van der Waals surface area contributed by atoms with E-state index in [0.717, 1.165) is 6.42 Å². The van der Waals surface area contributed by atoms with E-state index in [4.69, 9.17) is 11.7 Å². The molecule has 0 aliphatic carbocycles. The first-order chi connectivity index (χ1) is 6.26. The molecular formula is C12H11N. The molecular weight excluding hydrogens is 158 g/mol. The largest absolute Gasteiger partial charge is 0.192 e. The van der Waals surface area contributed by atoms with E-state index in [1.807, 2.05) is 31.2 Å². The summed E-state index contributed by atoms with van der Waals surface area (Å²) in [5.74, 6) is 2.93. The highest BCUT2D eigenvalue weighted by molar-refractivity contribution is 5.31. The van der Waals surface area contributed by atoms with Crippen LogP contribution in [-0.2, 0) is 6.42 Å². The van der Waals surface area contributed by atoms with Gasteiger partial charge in [0.2, 0.25) is 0 Å². The highest BCUT2D eigenvalue weighted by Crippen LogP contribution is 2.08. The maximum Gasteiger partial charge on any atom is 0.0991 e. The second kappa shape index (κ2) is 4.33. The molecule has 1 unspecified atom stereocenters. The molecule has 0 aliphatic rings. The van der Waals surface area contributed by atoms with E-state index in [9.17, 15) is 0 Å². The Kier molecular flexibility index (Phi) is 3.12. The molecule has 0 saturated carbocycles. The third-order valence-corrected chi connectivity index (χ3v) is 1.91. The van der Waals surface area contributed by atoms with Gasteiger partial charge in [0.05, 0.1) is 11.6 Å². The number of nitriles is 1. The quantitative estimate of drug-likeness (QED) is 0.623. The van der Waals surface area contributed by atoms with Gasteiger partial charge in [-0.3, -0.25) is 0 Å². The average Bonchev–Trinajstić information content (AvgIpc) is 2.19. The van der Waals surface area contributed by atoms with Crippen LogP contribution in [0.1, 0.15) is 18.1 Å². The summed E-state index contributed by atoms with van der Waals surface area (Å²) in [6.07, 6.45) is 6.15. The Labute approximate surface area is 79.0 Å². The summed E-state index contributed by atoms with van der Waals surface area (Å²) in [7, 11) is 0. The first kappa shape index (κ1) is 9.36. The molecule has 64 valence electrons. The zero-order valence-electron chi connectivity index (χ0n) is 7.62. The average molecular weight is 169 g/mol. The number of terminal acetylenes is 1. The molecule has 0 spiro atoms. The van der Waals surface area contributed by atoms with Gasteiger partial charge in [-0.1, -0.05) is 19.1 Å². The van der Waals surface area contributed by atoms with Gasteiger partial charge in [0.25, 0.3) is 0 Å². The van der Waals surface area contributed by atoms with Crippen molar-refractivity contribution < 1.29 is 0 Å². The highest BCUT2D eigenvalue weighted by atomic mass is 14.2. The monoisotopic (exact) mass is 169 g/mol. The maximum atomic E-state index is 8.57. The van der Waals surface area contributed by atoms with Crippen molar-refractivity contribution in [3.63, 3.8) is 0 Å². The van der Waals surface area contributed by atoms with Crippen molar-refractivity contribution in [3.05, 3.63) is 35.4 Å². The van der Waals surface area contributed by atoms with Gasteiger partial charge in [0.1, 0.15) is 0 Å². The summed E-state index contributed by atoms with van der Waals surface area (Å²) >= 11 is 0. The van der Waals surface area contributed by atoms with Crippen LogP contribution in [-0.4, -0.2) is 0 Å². The minimum atomic E-state index is 0.257. The van der Waals surface area contributed by atoms with E-state index < -0.39 is 0 Å². The molecule has 1 atom stereocenters. The second-order valence-electron chi connectivity index (χ2n) is 3.08. The third-order valence-electron chi connectivity index (χ3n) is 1.91. The molecule has 0 fully saturated rings. The van der Waals surface area contributed by atoms with Crippen LogP contribution in [0.15, 0.2) is 24.3 Å².